The number of carbonyl (C=O) groups excluding carboxylic acids is 1. The number of carbonyl (C=O) groups is 1. The quantitative estimate of drug-likeness (QED) is 0.697. The molecule has 0 atom stereocenters. The van der Waals surface area contributed by atoms with E-state index in [9.17, 15) is 13.2 Å². The summed E-state index contributed by atoms with van der Waals surface area (Å²) in [4.78, 5) is 16.3. The van der Waals surface area contributed by atoms with Gasteiger partial charge in [0.25, 0.3) is 0 Å². The number of rotatable bonds is 4. The van der Waals surface area contributed by atoms with Crippen LogP contribution in [0.15, 0.2) is 0 Å². The van der Waals surface area contributed by atoms with Gasteiger partial charge in [0.15, 0.2) is 0 Å². The van der Waals surface area contributed by atoms with E-state index < -0.39 is 10.0 Å². The van der Waals surface area contributed by atoms with Crippen molar-refractivity contribution >= 4 is 15.9 Å². The Labute approximate surface area is 96.0 Å². The van der Waals surface area contributed by atoms with Gasteiger partial charge in [-0.1, -0.05) is 0 Å². The van der Waals surface area contributed by atoms with E-state index in [1.54, 1.807) is 6.92 Å². The highest BCUT2D eigenvalue weighted by Crippen LogP contribution is 2.19. The molecule has 1 saturated heterocycles. The molecule has 1 fully saturated rings. The van der Waals surface area contributed by atoms with Crippen LogP contribution in [0.2, 0.25) is 0 Å². The van der Waals surface area contributed by atoms with E-state index in [0.29, 0.717) is 32.5 Å². The third-order valence-corrected chi connectivity index (χ3v) is 3.91. The Morgan fingerprint density at radius 3 is 2.44 bits per heavy atom. The number of hydrogen-bond acceptors (Lipinski definition) is 4. The third kappa shape index (κ3) is 3.73. The molecule has 0 radical (unpaired) electrons. The molecule has 1 heterocycles. The van der Waals surface area contributed by atoms with Crippen LogP contribution >= 0.6 is 0 Å². The second-order valence-corrected chi connectivity index (χ2v) is 5.82. The summed E-state index contributed by atoms with van der Waals surface area (Å²) in [6.45, 7) is 3.02. The molecule has 1 amide bonds. The molecule has 0 aromatic carbocycles. The molecule has 0 spiro atoms. The van der Waals surface area contributed by atoms with E-state index in [1.807, 2.05) is 0 Å². The highest BCUT2D eigenvalue weighted by atomic mass is 32.2. The second-order valence-electron chi connectivity index (χ2n) is 3.84. The van der Waals surface area contributed by atoms with Crippen LogP contribution in [0.1, 0.15) is 19.8 Å². The van der Waals surface area contributed by atoms with Crippen LogP contribution in [0.4, 0.5) is 0 Å². The van der Waals surface area contributed by atoms with Crippen LogP contribution in [0.25, 0.3) is 0 Å². The van der Waals surface area contributed by atoms with Gasteiger partial charge in [-0.2, -0.15) is 0 Å². The van der Waals surface area contributed by atoms with Crippen molar-refractivity contribution in [2.45, 2.75) is 19.8 Å². The first-order valence-electron chi connectivity index (χ1n) is 5.32. The first-order chi connectivity index (χ1) is 7.45. The van der Waals surface area contributed by atoms with Crippen LogP contribution < -0.4 is 5.48 Å². The predicted molar refractivity (Wildman–Crippen MR) is 58.9 cm³/mol. The molecule has 94 valence electrons. The normalized spacial score (nSPS) is 19.6. The van der Waals surface area contributed by atoms with Crippen LogP contribution in [-0.4, -0.2) is 44.6 Å². The minimum atomic E-state index is -3.12. The van der Waals surface area contributed by atoms with Crippen molar-refractivity contribution in [3.05, 3.63) is 0 Å². The summed E-state index contributed by atoms with van der Waals surface area (Å²) in [5.41, 5.74) is 2.35. The predicted octanol–water partition coefficient (Wildman–Crippen LogP) is -0.274. The fourth-order valence-electron chi connectivity index (χ4n) is 1.68. The van der Waals surface area contributed by atoms with Crippen molar-refractivity contribution in [2.24, 2.45) is 5.92 Å². The van der Waals surface area contributed by atoms with Crippen molar-refractivity contribution in [1.29, 1.82) is 0 Å². The number of nitrogens with zero attached hydrogens (tertiary/aromatic N) is 1. The lowest BCUT2D eigenvalue weighted by Crippen LogP contribution is -2.42. The average molecular weight is 250 g/mol. The molecule has 6 nitrogen and oxygen atoms in total. The van der Waals surface area contributed by atoms with Gasteiger partial charge in [0, 0.05) is 19.0 Å². The van der Waals surface area contributed by atoms with E-state index in [1.165, 1.54) is 10.6 Å². The van der Waals surface area contributed by atoms with Gasteiger partial charge in [-0.15, -0.1) is 0 Å². The Balaban J connectivity index is 2.40. The first kappa shape index (κ1) is 13.4. The number of amides is 1. The molecule has 1 N–H and O–H groups in total. The fourth-order valence-corrected chi connectivity index (χ4v) is 2.55. The van der Waals surface area contributed by atoms with Crippen LogP contribution in [-0.2, 0) is 19.7 Å². The zero-order valence-corrected chi connectivity index (χ0v) is 10.4. The van der Waals surface area contributed by atoms with Crippen LogP contribution in [0.5, 0.6) is 0 Å². The Morgan fingerprint density at radius 2 is 2.00 bits per heavy atom. The largest absolute Gasteiger partial charge is 0.274 e. The molecule has 7 heteroatoms. The summed E-state index contributed by atoms with van der Waals surface area (Å²) in [5, 5.41) is 0. The fraction of sp³-hybridized carbons (Fsp3) is 0.889. The molecule has 0 aliphatic carbocycles. The lowest BCUT2D eigenvalue weighted by atomic mass is 9.98. The third-order valence-electron chi connectivity index (χ3n) is 2.61. The van der Waals surface area contributed by atoms with E-state index in [4.69, 9.17) is 4.84 Å². The van der Waals surface area contributed by atoms with Gasteiger partial charge in [0.1, 0.15) is 0 Å². The highest BCUT2D eigenvalue weighted by Gasteiger charge is 2.28. The van der Waals surface area contributed by atoms with Crippen molar-refractivity contribution in [3.8, 4) is 0 Å². The molecule has 0 saturated carbocycles. The van der Waals surface area contributed by atoms with Crippen molar-refractivity contribution in [3.63, 3.8) is 0 Å². The van der Waals surface area contributed by atoms with Crippen molar-refractivity contribution < 1.29 is 18.0 Å². The van der Waals surface area contributed by atoms with Gasteiger partial charge in [0.05, 0.1) is 12.9 Å². The SMILES string of the molecule is CCONC(=O)C1CCN(S(C)(=O)=O)CC1. The smallest absolute Gasteiger partial charge is 0.246 e. The maximum absolute atomic E-state index is 11.5. The minimum Gasteiger partial charge on any atom is -0.274 e. The maximum Gasteiger partial charge on any atom is 0.246 e. The minimum absolute atomic E-state index is 0.149. The van der Waals surface area contributed by atoms with Crippen LogP contribution in [0.3, 0.4) is 0 Å². The topological polar surface area (TPSA) is 75.7 Å². The number of hydrogen-bond donors (Lipinski definition) is 1. The molecular formula is C9H18N2O4S. The van der Waals surface area contributed by atoms with Gasteiger partial charge in [0.2, 0.25) is 15.9 Å². The standard InChI is InChI=1S/C9H18N2O4S/c1-3-15-10-9(12)8-4-6-11(7-5-8)16(2,13)14/h8H,3-7H2,1-2H3,(H,10,12). The van der Waals surface area contributed by atoms with E-state index >= 15 is 0 Å². The molecule has 1 aliphatic rings. The molecule has 0 unspecified atom stereocenters. The first-order valence-corrected chi connectivity index (χ1v) is 7.16. The van der Waals surface area contributed by atoms with Crippen LogP contribution in [0, 0.1) is 5.92 Å². The maximum atomic E-state index is 11.5. The molecule has 0 aromatic rings. The number of hydroxylamine groups is 1. The van der Waals surface area contributed by atoms with Crippen molar-refractivity contribution in [1.82, 2.24) is 9.79 Å². The van der Waals surface area contributed by atoms with Gasteiger partial charge < -0.3 is 0 Å². The van der Waals surface area contributed by atoms with Gasteiger partial charge >= 0.3 is 0 Å². The summed E-state index contributed by atoms with van der Waals surface area (Å²) in [6, 6.07) is 0. The summed E-state index contributed by atoms with van der Waals surface area (Å²) in [5.74, 6) is -0.306. The zero-order chi connectivity index (χ0) is 12.2. The van der Waals surface area contributed by atoms with Gasteiger partial charge in [-0.25, -0.2) is 18.2 Å². The van der Waals surface area contributed by atoms with Crippen molar-refractivity contribution in [2.75, 3.05) is 26.0 Å². The van der Waals surface area contributed by atoms with E-state index in [-0.39, 0.29) is 11.8 Å². The van der Waals surface area contributed by atoms with Gasteiger partial charge in [-0.05, 0) is 19.8 Å². The number of sulfonamides is 1. The highest BCUT2D eigenvalue weighted by molar-refractivity contribution is 7.88. The van der Waals surface area contributed by atoms with Gasteiger partial charge in [-0.3, -0.25) is 9.63 Å². The number of piperidine rings is 1. The molecule has 1 rings (SSSR count). The molecule has 0 bridgehead atoms. The molecule has 1 aliphatic heterocycles. The Bertz CT molecular complexity index is 333. The Morgan fingerprint density at radius 1 is 1.44 bits per heavy atom. The monoisotopic (exact) mass is 250 g/mol. The molecule has 0 aromatic heterocycles. The van der Waals surface area contributed by atoms with E-state index in [0.717, 1.165) is 0 Å². The molecular weight excluding hydrogens is 232 g/mol. The molecule has 16 heavy (non-hydrogen) atoms. The number of nitrogens with one attached hydrogen (secondary N) is 1. The second kappa shape index (κ2) is 5.60. The summed E-state index contributed by atoms with van der Waals surface area (Å²) in [7, 11) is -3.12. The Kier molecular flexibility index (Phi) is 4.69. The summed E-state index contributed by atoms with van der Waals surface area (Å²) in [6.07, 6.45) is 2.28. The summed E-state index contributed by atoms with van der Waals surface area (Å²) >= 11 is 0. The zero-order valence-electron chi connectivity index (χ0n) is 9.60. The summed E-state index contributed by atoms with van der Waals surface area (Å²) < 4.78 is 23.9. The van der Waals surface area contributed by atoms with E-state index in [2.05, 4.69) is 5.48 Å². The Hall–Kier alpha value is -0.660. The average Bonchev–Trinajstić information content (AvgIpc) is 2.25. The lowest BCUT2D eigenvalue weighted by molar-refractivity contribution is -0.138. The lowest BCUT2D eigenvalue weighted by Gasteiger charge is -2.29.